The number of anilines is 1. The lowest BCUT2D eigenvalue weighted by molar-refractivity contribution is -0.120. The van der Waals surface area contributed by atoms with Crippen LogP contribution in [0.2, 0.25) is 0 Å². The van der Waals surface area contributed by atoms with Gasteiger partial charge >= 0.3 is 0 Å². The second kappa shape index (κ2) is 10.4. The van der Waals surface area contributed by atoms with Gasteiger partial charge in [0.2, 0.25) is 5.06 Å². The number of aromatic nitrogens is 2. The van der Waals surface area contributed by atoms with Gasteiger partial charge in [-0.05, 0) is 62.4 Å². The minimum atomic E-state index is -1.32. The smallest absolute Gasteiger partial charge is 0.251 e. The number of thiazole rings is 1. The van der Waals surface area contributed by atoms with Gasteiger partial charge in [-0.2, -0.15) is 0 Å². The van der Waals surface area contributed by atoms with Gasteiger partial charge in [-0.3, -0.25) is 10.1 Å². The van der Waals surface area contributed by atoms with Gasteiger partial charge in [0, 0.05) is 11.6 Å². The fraction of sp³-hybridized carbons (Fsp3) is 0.115. The Morgan fingerprint density at radius 1 is 0.973 bits per heavy atom. The number of benzene rings is 2. The second-order valence-corrected chi connectivity index (χ2v) is 9.35. The predicted octanol–water partition coefficient (Wildman–Crippen LogP) is 6.53. The Kier molecular flexibility index (Phi) is 7.25. The summed E-state index contributed by atoms with van der Waals surface area (Å²) < 4.78 is 59.9. The number of amides is 1. The van der Waals surface area contributed by atoms with E-state index < -0.39 is 34.7 Å². The van der Waals surface area contributed by atoms with E-state index in [9.17, 15) is 22.4 Å². The molecule has 0 aliphatic rings. The molecule has 190 valence electrons. The van der Waals surface area contributed by atoms with Crippen molar-refractivity contribution in [1.82, 2.24) is 15.3 Å². The molecule has 11 heteroatoms. The molecule has 4 aromatic rings. The number of hydrogen-bond donors (Lipinski definition) is 2. The zero-order chi connectivity index (χ0) is 26.7. The van der Waals surface area contributed by atoms with Crippen molar-refractivity contribution in [3.8, 4) is 22.1 Å². The number of carbonyl (C=O) groups is 1. The van der Waals surface area contributed by atoms with Crippen LogP contribution in [0.3, 0.4) is 0 Å². The van der Waals surface area contributed by atoms with E-state index in [0.717, 1.165) is 17.5 Å². The summed E-state index contributed by atoms with van der Waals surface area (Å²) in [6.45, 7) is 6.76. The Labute approximate surface area is 213 Å². The highest BCUT2D eigenvalue weighted by Crippen LogP contribution is 2.41. The molecule has 0 fully saturated rings. The molecule has 2 aromatic heterocycles. The molecular weight excluding hydrogens is 508 g/mol. The lowest BCUT2D eigenvalue weighted by atomic mass is 10.0. The molecule has 2 N–H and O–H groups in total. The molecule has 0 aliphatic carbocycles. The maximum absolute atomic E-state index is 14.1. The molecular formula is C26H20F4N4O2S. The predicted molar refractivity (Wildman–Crippen MR) is 133 cm³/mol. The number of pyridine rings is 1. The van der Waals surface area contributed by atoms with Crippen molar-refractivity contribution in [2.24, 2.45) is 0 Å². The molecule has 2 heterocycles. The lowest BCUT2D eigenvalue weighted by Gasteiger charge is -2.26. The van der Waals surface area contributed by atoms with Crippen molar-refractivity contribution in [3.63, 3.8) is 0 Å². The minimum absolute atomic E-state index is 0.0240. The van der Waals surface area contributed by atoms with Crippen molar-refractivity contribution in [2.45, 2.75) is 19.4 Å². The maximum Gasteiger partial charge on any atom is 0.251 e. The molecule has 2 aromatic carbocycles. The van der Waals surface area contributed by atoms with Crippen molar-refractivity contribution >= 4 is 28.1 Å². The highest BCUT2D eigenvalue weighted by Gasteiger charge is 2.30. The summed E-state index contributed by atoms with van der Waals surface area (Å²) in [5.74, 6) is -2.86. The van der Waals surface area contributed by atoms with E-state index in [-0.39, 0.29) is 21.6 Å². The Morgan fingerprint density at radius 2 is 1.59 bits per heavy atom. The van der Waals surface area contributed by atoms with Crippen molar-refractivity contribution in [1.29, 1.82) is 0 Å². The average molecular weight is 529 g/mol. The van der Waals surface area contributed by atoms with Gasteiger partial charge in [0.15, 0.2) is 10.9 Å². The van der Waals surface area contributed by atoms with Crippen molar-refractivity contribution in [3.05, 3.63) is 96.3 Å². The Bertz CT molecular complexity index is 1450. The third kappa shape index (κ3) is 6.12. The molecule has 1 amide bonds. The van der Waals surface area contributed by atoms with E-state index in [2.05, 4.69) is 27.2 Å². The molecule has 0 radical (unpaired) electrons. The zero-order valence-electron chi connectivity index (χ0n) is 19.6. The molecule has 4 rings (SSSR count). The van der Waals surface area contributed by atoms with Gasteiger partial charge in [-0.15, -0.1) is 0 Å². The fourth-order valence-corrected chi connectivity index (χ4v) is 4.07. The summed E-state index contributed by atoms with van der Waals surface area (Å²) >= 11 is 1.00. The van der Waals surface area contributed by atoms with Gasteiger partial charge in [-0.25, -0.2) is 27.5 Å². The summed E-state index contributed by atoms with van der Waals surface area (Å²) in [7, 11) is 0. The van der Waals surface area contributed by atoms with Crippen LogP contribution in [0.25, 0.3) is 17.0 Å². The summed E-state index contributed by atoms with van der Waals surface area (Å²) in [6.07, 6.45) is 0.841. The van der Waals surface area contributed by atoms with Crippen LogP contribution in [0.15, 0.2) is 67.4 Å². The summed E-state index contributed by atoms with van der Waals surface area (Å²) in [6, 6.07) is 11.5. The number of carbonyl (C=O) groups excluding carboxylic acids is 1. The van der Waals surface area contributed by atoms with Crippen molar-refractivity contribution < 1.29 is 27.1 Å². The average Bonchev–Trinajstić information content (AvgIpc) is 3.22. The topological polar surface area (TPSA) is 76.1 Å². The van der Waals surface area contributed by atoms with Crippen LogP contribution in [0.1, 0.15) is 19.5 Å². The highest BCUT2D eigenvalue weighted by molar-refractivity contribution is 7.18. The lowest BCUT2D eigenvalue weighted by Crippen LogP contribution is -2.48. The number of nitrogens with one attached hydrogen (secondary N) is 2. The summed E-state index contributed by atoms with van der Waals surface area (Å²) in [5.41, 5.74) is -0.718. The van der Waals surface area contributed by atoms with Crippen LogP contribution in [-0.4, -0.2) is 21.4 Å². The van der Waals surface area contributed by atoms with Crippen LogP contribution in [0.5, 0.6) is 10.8 Å². The zero-order valence-corrected chi connectivity index (χ0v) is 20.4. The van der Waals surface area contributed by atoms with Crippen molar-refractivity contribution in [2.75, 3.05) is 5.32 Å². The van der Waals surface area contributed by atoms with E-state index in [1.807, 2.05) is 0 Å². The van der Waals surface area contributed by atoms with Gasteiger partial charge in [-0.1, -0.05) is 17.9 Å². The molecule has 6 nitrogen and oxygen atoms in total. The minimum Gasteiger partial charge on any atom is -0.444 e. The van der Waals surface area contributed by atoms with Crippen LogP contribution >= 0.6 is 11.3 Å². The Morgan fingerprint density at radius 3 is 2.22 bits per heavy atom. The summed E-state index contributed by atoms with van der Waals surface area (Å²) in [4.78, 5) is 21.2. The number of ether oxygens (including phenoxy) is 1. The third-order valence-electron chi connectivity index (χ3n) is 5.08. The standard InChI is InChI=1S/C26H20F4N4O2S/c1-14(21-20(30)12-18(29)13-31-21)34-26(2,3)24(35)33-25-32-22(15-4-6-16(27)7-5-15)23(37-25)36-19-10-8-17(28)9-11-19/h4-13,34H,1H2,2-3H3,(H,32,33,35). The van der Waals surface area contributed by atoms with Crippen LogP contribution < -0.4 is 15.4 Å². The third-order valence-corrected chi connectivity index (χ3v) is 5.93. The molecule has 37 heavy (non-hydrogen) atoms. The molecule has 0 aliphatic heterocycles. The Hall–Kier alpha value is -4.25. The van der Waals surface area contributed by atoms with Gasteiger partial charge in [0.25, 0.3) is 5.91 Å². The highest BCUT2D eigenvalue weighted by atomic mass is 32.1. The van der Waals surface area contributed by atoms with E-state index in [0.29, 0.717) is 23.1 Å². The van der Waals surface area contributed by atoms with E-state index in [4.69, 9.17) is 4.74 Å². The normalized spacial score (nSPS) is 11.2. The molecule has 0 unspecified atom stereocenters. The van der Waals surface area contributed by atoms with E-state index >= 15 is 0 Å². The van der Waals surface area contributed by atoms with Crippen LogP contribution in [0, 0.1) is 23.3 Å². The summed E-state index contributed by atoms with van der Waals surface area (Å²) in [5, 5.41) is 5.91. The molecule has 0 bridgehead atoms. The number of halogens is 4. The first kappa shape index (κ1) is 25.8. The molecule has 0 saturated heterocycles. The first-order valence-corrected chi connectivity index (χ1v) is 11.6. The molecule has 0 spiro atoms. The molecule has 0 saturated carbocycles. The number of hydrogen-bond acceptors (Lipinski definition) is 6. The Balaban J connectivity index is 1.57. The quantitative estimate of drug-likeness (QED) is 0.254. The first-order chi connectivity index (χ1) is 17.5. The second-order valence-electron chi connectivity index (χ2n) is 8.38. The van der Waals surface area contributed by atoms with Crippen LogP contribution in [0.4, 0.5) is 22.7 Å². The monoisotopic (exact) mass is 528 g/mol. The number of rotatable bonds is 8. The van der Waals surface area contributed by atoms with Crippen LogP contribution in [-0.2, 0) is 4.79 Å². The van der Waals surface area contributed by atoms with Gasteiger partial charge in [0.1, 0.15) is 40.1 Å². The van der Waals surface area contributed by atoms with E-state index in [1.54, 1.807) is 0 Å². The fourth-order valence-electron chi connectivity index (χ4n) is 3.21. The van der Waals surface area contributed by atoms with Gasteiger partial charge < -0.3 is 10.1 Å². The first-order valence-electron chi connectivity index (χ1n) is 10.8. The molecule has 0 atom stereocenters. The SMILES string of the molecule is C=C(NC(C)(C)C(=O)Nc1nc(-c2ccc(F)cc2)c(Oc2ccc(F)cc2)s1)c1ncc(F)cc1F. The van der Waals surface area contributed by atoms with E-state index in [1.165, 1.54) is 62.4 Å². The maximum atomic E-state index is 14.1. The number of nitrogens with zero attached hydrogens (tertiary/aromatic N) is 2. The van der Waals surface area contributed by atoms with Gasteiger partial charge in [0.05, 0.1) is 11.9 Å². The largest absolute Gasteiger partial charge is 0.444 e.